The van der Waals surface area contributed by atoms with Gasteiger partial charge in [0.2, 0.25) is 0 Å². The largest absolute Gasteiger partial charge is 0.481 e. The number of benzene rings is 2. The van der Waals surface area contributed by atoms with E-state index in [-0.39, 0.29) is 17.8 Å². The molecule has 4 rings (SSSR count). The van der Waals surface area contributed by atoms with Crippen molar-refractivity contribution in [3.05, 3.63) is 54.1 Å². The van der Waals surface area contributed by atoms with E-state index in [1.807, 2.05) is 24.3 Å². The lowest BCUT2D eigenvalue weighted by atomic mass is 9.77. The van der Waals surface area contributed by atoms with Gasteiger partial charge in [-0.25, -0.2) is 0 Å². The zero-order valence-corrected chi connectivity index (χ0v) is 21.1. The number of carbonyl (C=O) groups is 2. The number of aliphatic carboxylic acids is 1. The fraction of sp³-hybridized carbons (Fsp3) is 0.548. The van der Waals surface area contributed by atoms with Crippen LogP contribution in [0.4, 0.5) is 0 Å². The molecule has 35 heavy (non-hydrogen) atoms. The van der Waals surface area contributed by atoms with Gasteiger partial charge in [-0.3, -0.25) is 9.59 Å². The first-order valence-electron chi connectivity index (χ1n) is 13.7. The van der Waals surface area contributed by atoms with E-state index < -0.39 is 5.97 Å². The van der Waals surface area contributed by atoms with Gasteiger partial charge in [0.1, 0.15) is 5.75 Å². The van der Waals surface area contributed by atoms with Crippen LogP contribution >= 0.6 is 0 Å². The molecule has 2 fully saturated rings. The van der Waals surface area contributed by atoms with Crippen LogP contribution in [0.2, 0.25) is 0 Å². The molecule has 0 aromatic heterocycles. The van der Waals surface area contributed by atoms with E-state index in [4.69, 9.17) is 9.84 Å². The van der Waals surface area contributed by atoms with E-state index >= 15 is 0 Å². The number of carbonyl (C=O) groups excluding carboxylic acids is 1. The third-order valence-electron chi connectivity index (χ3n) is 8.26. The lowest BCUT2D eigenvalue weighted by molar-refractivity contribution is -0.146. The Morgan fingerprint density at radius 1 is 0.771 bits per heavy atom. The lowest BCUT2D eigenvalue weighted by Crippen LogP contribution is -2.28. The maximum atomic E-state index is 12.5. The van der Waals surface area contributed by atoms with Gasteiger partial charge in [0.15, 0.2) is 0 Å². The van der Waals surface area contributed by atoms with E-state index in [0.29, 0.717) is 37.4 Å². The Morgan fingerprint density at radius 3 is 1.91 bits per heavy atom. The number of carboxylic acid groups (broad SMARTS) is 1. The maximum absolute atomic E-state index is 12.5. The molecule has 2 aromatic carbocycles. The van der Waals surface area contributed by atoms with Crippen LogP contribution in [0.25, 0.3) is 11.1 Å². The fourth-order valence-electron chi connectivity index (χ4n) is 5.91. The molecule has 1 N–H and O–H groups in total. The SMILES string of the molecule is CCCCCC1CCC(c2ccc(-c3ccc(OC(=O)C4CCC(C(=O)O)CC4)cc3)cc2)CC1. The standard InChI is InChI=1S/C31H40O4/c1-2-3-4-5-22-6-8-23(9-7-22)24-10-12-25(13-11-24)26-18-20-29(21-19-26)35-31(34)28-16-14-27(15-17-28)30(32)33/h10-13,18-23,27-28H,2-9,14-17H2,1H3,(H,32,33). The van der Waals surface area contributed by atoms with Crippen molar-refractivity contribution in [2.24, 2.45) is 17.8 Å². The molecule has 2 saturated carbocycles. The first-order chi connectivity index (χ1) is 17.0. The number of esters is 1. The molecule has 0 saturated heterocycles. The second-order valence-electron chi connectivity index (χ2n) is 10.7. The predicted octanol–water partition coefficient (Wildman–Crippen LogP) is 8.00. The third-order valence-corrected chi connectivity index (χ3v) is 8.26. The topological polar surface area (TPSA) is 63.6 Å². The van der Waals surface area contributed by atoms with Crippen LogP contribution in [0.5, 0.6) is 5.75 Å². The van der Waals surface area contributed by atoms with E-state index in [0.717, 1.165) is 11.5 Å². The molecule has 0 bridgehead atoms. The number of hydrogen-bond acceptors (Lipinski definition) is 3. The Kier molecular flexibility index (Phi) is 9.01. The van der Waals surface area contributed by atoms with Gasteiger partial charge in [-0.2, -0.15) is 0 Å². The molecule has 0 radical (unpaired) electrons. The van der Waals surface area contributed by atoms with Crippen LogP contribution in [0.3, 0.4) is 0 Å². The van der Waals surface area contributed by atoms with Crippen LogP contribution in [-0.4, -0.2) is 17.0 Å². The molecule has 2 aliphatic carbocycles. The summed E-state index contributed by atoms with van der Waals surface area (Å²) in [7, 11) is 0. The zero-order chi connectivity index (χ0) is 24.6. The zero-order valence-electron chi connectivity index (χ0n) is 21.1. The van der Waals surface area contributed by atoms with Gasteiger partial charge in [0, 0.05) is 0 Å². The van der Waals surface area contributed by atoms with Crippen molar-refractivity contribution in [2.45, 2.75) is 89.9 Å². The van der Waals surface area contributed by atoms with Crippen molar-refractivity contribution in [1.29, 1.82) is 0 Å². The number of ether oxygens (including phenoxy) is 1. The van der Waals surface area contributed by atoms with E-state index in [2.05, 4.69) is 31.2 Å². The van der Waals surface area contributed by atoms with Crippen LogP contribution < -0.4 is 4.74 Å². The molecule has 188 valence electrons. The summed E-state index contributed by atoms with van der Waals surface area (Å²) in [6, 6.07) is 16.7. The molecular formula is C31H40O4. The minimum Gasteiger partial charge on any atom is -0.481 e. The van der Waals surface area contributed by atoms with E-state index in [9.17, 15) is 9.59 Å². The van der Waals surface area contributed by atoms with Crippen molar-refractivity contribution in [3.8, 4) is 16.9 Å². The fourth-order valence-corrected chi connectivity index (χ4v) is 5.91. The Balaban J connectivity index is 1.26. The molecule has 0 aliphatic heterocycles. The summed E-state index contributed by atoms with van der Waals surface area (Å²) in [5, 5.41) is 9.13. The van der Waals surface area contributed by atoms with Gasteiger partial charge in [-0.05, 0) is 92.0 Å². The summed E-state index contributed by atoms with van der Waals surface area (Å²) in [5.74, 6) is 0.644. The number of carboxylic acids is 1. The Morgan fingerprint density at radius 2 is 1.34 bits per heavy atom. The minimum atomic E-state index is -0.759. The molecule has 2 aliphatic rings. The van der Waals surface area contributed by atoms with Crippen molar-refractivity contribution >= 4 is 11.9 Å². The van der Waals surface area contributed by atoms with Crippen molar-refractivity contribution in [2.75, 3.05) is 0 Å². The summed E-state index contributed by atoms with van der Waals surface area (Å²) >= 11 is 0. The van der Waals surface area contributed by atoms with Crippen molar-refractivity contribution in [1.82, 2.24) is 0 Å². The van der Waals surface area contributed by atoms with Gasteiger partial charge < -0.3 is 9.84 Å². The predicted molar refractivity (Wildman–Crippen MR) is 139 cm³/mol. The van der Waals surface area contributed by atoms with Crippen LogP contribution in [0.1, 0.15) is 95.5 Å². The molecule has 4 nitrogen and oxygen atoms in total. The monoisotopic (exact) mass is 476 g/mol. The average Bonchev–Trinajstić information content (AvgIpc) is 2.90. The van der Waals surface area contributed by atoms with Gasteiger partial charge in [0.05, 0.1) is 11.8 Å². The Bertz CT molecular complexity index is 946. The summed E-state index contributed by atoms with van der Waals surface area (Å²) in [4.78, 5) is 23.6. The minimum absolute atomic E-state index is 0.204. The molecule has 0 atom stereocenters. The van der Waals surface area contributed by atoms with Crippen LogP contribution in [0.15, 0.2) is 48.5 Å². The third kappa shape index (κ3) is 6.96. The summed E-state index contributed by atoms with van der Waals surface area (Å²) in [6.07, 6.45) is 13.1. The second-order valence-corrected chi connectivity index (χ2v) is 10.7. The molecule has 0 unspecified atom stereocenters. The highest BCUT2D eigenvalue weighted by Crippen LogP contribution is 2.38. The Labute approximate surface area is 210 Å². The number of hydrogen-bond donors (Lipinski definition) is 1. The van der Waals surface area contributed by atoms with Gasteiger partial charge in [-0.1, -0.05) is 69.0 Å². The summed E-state index contributed by atoms with van der Waals surface area (Å²) in [5.41, 5.74) is 3.74. The highest BCUT2D eigenvalue weighted by Gasteiger charge is 2.31. The van der Waals surface area contributed by atoms with Gasteiger partial charge in [-0.15, -0.1) is 0 Å². The van der Waals surface area contributed by atoms with Crippen molar-refractivity contribution < 1.29 is 19.4 Å². The quantitative estimate of drug-likeness (QED) is 0.226. The highest BCUT2D eigenvalue weighted by atomic mass is 16.5. The normalized spacial score (nSPS) is 24.6. The summed E-state index contributed by atoms with van der Waals surface area (Å²) in [6.45, 7) is 2.28. The van der Waals surface area contributed by atoms with Crippen molar-refractivity contribution in [3.63, 3.8) is 0 Å². The summed E-state index contributed by atoms with van der Waals surface area (Å²) < 4.78 is 5.59. The molecule has 4 heteroatoms. The highest BCUT2D eigenvalue weighted by molar-refractivity contribution is 5.76. The molecule has 0 spiro atoms. The van der Waals surface area contributed by atoms with E-state index in [1.54, 1.807) is 0 Å². The second kappa shape index (κ2) is 12.4. The van der Waals surface area contributed by atoms with Crippen LogP contribution in [-0.2, 0) is 9.59 Å². The lowest BCUT2D eigenvalue weighted by Gasteiger charge is -2.29. The van der Waals surface area contributed by atoms with Gasteiger partial charge in [0.25, 0.3) is 0 Å². The smallest absolute Gasteiger partial charge is 0.314 e. The van der Waals surface area contributed by atoms with Crippen LogP contribution in [0, 0.1) is 17.8 Å². The molecule has 0 amide bonds. The molecule has 2 aromatic rings. The first-order valence-corrected chi connectivity index (χ1v) is 13.7. The average molecular weight is 477 g/mol. The van der Waals surface area contributed by atoms with E-state index in [1.165, 1.54) is 62.5 Å². The molecular weight excluding hydrogens is 436 g/mol. The van der Waals surface area contributed by atoms with Gasteiger partial charge >= 0.3 is 11.9 Å². The maximum Gasteiger partial charge on any atom is 0.314 e. The number of rotatable bonds is 9. The number of unbranched alkanes of at least 4 members (excludes halogenated alkanes) is 2. The Hall–Kier alpha value is -2.62. The first kappa shape index (κ1) is 25.5. The molecule has 0 heterocycles.